The van der Waals surface area contributed by atoms with Gasteiger partial charge in [-0.2, -0.15) is 0 Å². The van der Waals surface area contributed by atoms with E-state index in [-0.39, 0.29) is 11.8 Å². The van der Waals surface area contributed by atoms with Gasteiger partial charge in [-0.25, -0.2) is 19.9 Å². The van der Waals surface area contributed by atoms with Crippen molar-refractivity contribution in [1.82, 2.24) is 29.1 Å². The molecule has 12 heteroatoms. The Kier molecular flexibility index (Phi) is 15.9. The van der Waals surface area contributed by atoms with E-state index in [0.29, 0.717) is 22.9 Å². The first-order valence-electron chi connectivity index (χ1n) is 29.6. The van der Waals surface area contributed by atoms with Crippen LogP contribution < -0.4 is 5.46 Å². The van der Waals surface area contributed by atoms with Crippen LogP contribution in [0.3, 0.4) is 0 Å². The summed E-state index contributed by atoms with van der Waals surface area (Å²) in [6.45, 7) is 22.2. The van der Waals surface area contributed by atoms with Crippen LogP contribution in [0.15, 0.2) is 208 Å². The van der Waals surface area contributed by atoms with Gasteiger partial charge in [-0.1, -0.05) is 183 Å². The molecule has 14 rings (SSSR count). The summed E-state index contributed by atoms with van der Waals surface area (Å²) in [5, 5.41) is 22.6. The first-order valence-corrected chi connectivity index (χ1v) is 30.4. The van der Waals surface area contributed by atoms with Crippen molar-refractivity contribution < 1.29 is 18.9 Å². The Morgan fingerprint density at radius 3 is 1.30 bits per heavy atom. The molecule has 0 bridgehead atoms. The maximum absolute atomic E-state index is 9.24. The van der Waals surface area contributed by atoms with Gasteiger partial charge in [0.05, 0.1) is 28.0 Å². The molecule has 0 aliphatic rings. The summed E-state index contributed by atoms with van der Waals surface area (Å²) in [5.41, 5.74) is 22.4. The highest BCUT2D eigenvalue weighted by molar-refractivity contribution is 9.10. The number of fused-ring (bicyclic) bond motifs is 8. The van der Waals surface area contributed by atoms with Crippen LogP contribution in [0.4, 0.5) is 0 Å². The van der Waals surface area contributed by atoms with E-state index < -0.39 is 7.12 Å². The Hall–Kier alpha value is -8.94. The van der Waals surface area contributed by atoms with Crippen LogP contribution in [-0.2, 0) is 0 Å². The molecule has 0 fully saturated rings. The second-order valence-corrected chi connectivity index (χ2v) is 24.1. The predicted octanol–water partition coefficient (Wildman–Crippen LogP) is 18.9. The van der Waals surface area contributed by atoms with E-state index >= 15 is 0 Å². The minimum atomic E-state index is -1.51. The predicted molar refractivity (Wildman–Crippen MR) is 358 cm³/mol. The summed E-state index contributed by atoms with van der Waals surface area (Å²) in [6, 6.07) is 66.7. The van der Waals surface area contributed by atoms with Crippen molar-refractivity contribution >= 4 is 94.7 Å². The number of pyridine rings is 2. The molecule has 6 heterocycles. The third kappa shape index (κ3) is 10.8. The molecule has 2 N–H and O–H groups in total. The average Bonchev–Trinajstić information content (AvgIpc) is 2.00. The Morgan fingerprint density at radius 2 is 0.814 bits per heavy atom. The monoisotopic (exact) mass is 1190 g/mol. The number of aromatic nitrogens is 6. The molecule has 0 atom stereocenters. The van der Waals surface area contributed by atoms with E-state index in [1.807, 2.05) is 56.3 Å². The average molecular weight is 1200 g/mol. The van der Waals surface area contributed by atoms with Crippen molar-refractivity contribution in [3.63, 3.8) is 0 Å². The van der Waals surface area contributed by atoms with Crippen LogP contribution in [0.25, 0.3) is 111 Å². The molecule has 14 aromatic rings. The zero-order chi connectivity index (χ0) is 60.1. The first kappa shape index (κ1) is 57.5. The maximum Gasteiger partial charge on any atom is 0.492 e. The third-order valence-corrected chi connectivity index (χ3v) is 16.7. The molecule has 6 aromatic heterocycles. The van der Waals surface area contributed by atoms with Crippen LogP contribution in [0.2, 0.25) is 0 Å². The number of aryl methyl sites for hydroxylation is 2. The van der Waals surface area contributed by atoms with Gasteiger partial charge in [-0.3, -0.25) is 9.13 Å². The molecular formula is C74H68BBrN6O4. The smallest absolute Gasteiger partial charge is 0.456 e. The Labute approximate surface area is 510 Å². The number of halogens is 1. The van der Waals surface area contributed by atoms with Crippen LogP contribution >= 0.6 is 15.9 Å². The first-order chi connectivity index (χ1) is 41.5. The van der Waals surface area contributed by atoms with Crippen molar-refractivity contribution in [2.75, 3.05) is 0 Å². The highest BCUT2D eigenvalue weighted by atomic mass is 79.9. The quantitative estimate of drug-likeness (QED) is 0.130. The molecule has 10 nitrogen and oxygen atoms in total. The molecule has 86 heavy (non-hydrogen) atoms. The van der Waals surface area contributed by atoms with Crippen LogP contribution in [-0.4, -0.2) is 46.2 Å². The number of benzene rings is 8. The fourth-order valence-electron chi connectivity index (χ4n) is 11.8. The van der Waals surface area contributed by atoms with Crippen molar-refractivity contribution in [1.29, 1.82) is 0 Å². The zero-order valence-corrected chi connectivity index (χ0v) is 51.7. The van der Waals surface area contributed by atoms with E-state index in [4.69, 9.17) is 23.8 Å². The number of furan rings is 2. The highest BCUT2D eigenvalue weighted by Crippen LogP contribution is 2.44. The second-order valence-electron chi connectivity index (χ2n) is 23.4. The van der Waals surface area contributed by atoms with Crippen molar-refractivity contribution in [3.8, 4) is 45.0 Å². The van der Waals surface area contributed by atoms with Gasteiger partial charge < -0.3 is 18.9 Å². The minimum absolute atomic E-state index is 0.289. The number of para-hydroxylation sites is 4. The molecule has 0 saturated carbocycles. The SMILES string of the molecule is Cc1ccc2c(n1)nc(-c1cccc3c1oc1ccccc13)n2-c1c(C(C)C)cc(-c2ccccc2)cc1C(C)C.Cc1ccc2c(n1)nc(Br)n2-c1c(C(C)C)cc(-c2ccccc2)cc1C(C)C.OB(O)c1cccc2c1oc1ccccc12. The van der Waals surface area contributed by atoms with Crippen LogP contribution in [0.1, 0.15) is 113 Å². The lowest BCUT2D eigenvalue weighted by Gasteiger charge is -2.24. The summed E-state index contributed by atoms with van der Waals surface area (Å²) in [7, 11) is -1.51. The Balaban J connectivity index is 0.000000139. The number of rotatable bonds is 10. The molecule has 0 saturated heterocycles. The Bertz CT molecular complexity index is 4750. The van der Waals surface area contributed by atoms with E-state index in [9.17, 15) is 10.0 Å². The molecule has 0 aliphatic carbocycles. The highest BCUT2D eigenvalue weighted by Gasteiger charge is 2.27. The number of hydrogen-bond acceptors (Lipinski definition) is 8. The van der Waals surface area contributed by atoms with Gasteiger partial charge in [0, 0.05) is 38.4 Å². The summed E-state index contributed by atoms with van der Waals surface area (Å²) >= 11 is 3.71. The normalized spacial score (nSPS) is 11.7. The van der Waals surface area contributed by atoms with Crippen LogP contribution in [0.5, 0.6) is 0 Å². The number of hydrogen-bond donors (Lipinski definition) is 2. The van der Waals surface area contributed by atoms with Gasteiger partial charge in [0.15, 0.2) is 21.9 Å². The van der Waals surface area contributed by atoms with Gasteiger partial charge in [-0.15, -0.1) is 0 Å². The van der Waals surface area contributed by atoms with E-state index in [1.165, 1.54) is 55.9 Å². The lowest BCUT2D eigenvalue weighted by Crippen LogP contribution is -2.29. The standard InChI is InChI=1S/C37H33N3O.C25H26BrN3.C12H9BO3/c1-22(2)30-20-26(25-12-7-6-8-13-25)21-31(23(3)4)34(30)40-32-19-18-24(5)38-36(32)39-37(40)29-16-11-15-28-27-14-9-10-17-33(27)41-35(28)29;1-15(2)20-13-19(18-9-7-6-8-10-18)14-21(16(3)4)23(20)29-22-12-11-17(5)27-24(22)28-25(29)26;14-13(15)10-6-3-5-9-8-4-1-2-7-11(8)16-12(9)10/h6-23H,1-5H3;6-16H,1-5H3;1-7,14-15H. The summed E-state index contributed by atoms with van der Waals surface area (Å²) in [6.07, 6.45) is 0. The zero-order valence-electron chi connectivity index (χ0n) is 50.1. The van der Waals surface area contributed by atoms with Gasteiger partial charge in [-0.05, 0) is 165 Å². The maximum atomic E-state index is 9.24. The number of nitrogens with zero attached hydrogens (tertiary/aromatic N) is 6. The fourth-order valence-corrected chi connectivity index (χ4v) is 12.4. The minimum Gasteiger partial charge on any atom is -0.456 e. The van der Waals surface area contributed by atoms with Crippen molar-refractivity contribution in [2.45, 2.75) is 92.9 Å². The molecule has 0 unspecified atom stereocenters. The lowest BCUT2D eigenvalue weighted by atomic mass is 9.79. The van der Waals surface area contributed by atoms with Gasteiger partial charge in [0.25, 0.3) is 0 Å². The molecular weight excluding hydrogens is 1130 g/mol. The summed E-state index contributed by atoms with van der Waals surface area (Å²) in [4.78, 5) is 19.4. The van der Waals surface area contributed by atoms with Crippen LogP contribution in [0, 0.1) is 13.8 Å². The molecule has 0 radical (unpaired) electrons. The van der Waals surface area contributed by atoms with E-state index in [1.54, 1.807) is 12.1 Å². The van der Waals surface area contributed by atoms with Gasteiger partial charge in [0.2, 0.25) is 0 Å². The lowest BCUT2D eigenvalue weighted by molar-refractivity contribution is 0.425. The van der Waals surface area contributed by atoms with E-state index in [0.717, 1.165) is 88.1 Å². The topological polar surface area (TPSA) is 128 Å². The molecule has 0 amide bonds. The third-order valence-electron chi connectivity index (χ3n) is 16.1. The Morgan fingerprint density at radius 1 is 0.407 bits per heavy atom. The second kappa shape index (κ2) is 23.8. The summed E-state index contributed by atoms with van der Waals surface area (Å²) < 4.78 is 17.5. The summed E-state index contributed by atoms with van der Waals surface area (Å²) in [5.74, 6) is 2.16. The molecule has 0 aliphatic heterocycles. The van der Waals surface area contributed by atoms with Crippen molar-refractivity contribution in [3.05, 3.63) is 232 Å². The molecule has 428 valence electrons. The van der Waals surface area contributed by atoms with Gasteiger partial charge >= 0.3 is 7.12 Å². The van der Waals surface area contributed by atoms with Gasteiger partial charge in [0.1, 0.15) is 22.3 Å². The number of imidazole rings is 2. The van der Waals surface area contributed by atoms with E-state index in [2.05, 4.69) is 225 Å². The molecule has 8 aromatic carbocycles. The molecule has 0 spiro atoms. The van der Waals surface area contributed by atoms with Crippen molar-refractivity contribution in [2.24, 2.45) is 0 Å². The fraction of sp³-hybridized carbons (Fsp3) is 0.189. The largest absolute Gasteiger partial charge is 0.492 e.